The van der Waals surface area contributed by atoms with Crippen LogP contribution in [0.4, 0.5) is 11.4 Å². The van der Waals surface area contributed by atoms with Crippen molar-refractivity contribution in [3.05, 3.63) is 87.8 Å². The summed E-state index contributed by atoms with van der Waals surface area (Å²) in [6, 6.07) is 17.8. The number of fused-ring (bicyclic) bond motifs is 1. The van der Waals surface area contributed by atoms with E-state index < -0.39 is 11.5 Å². The van der Waals surface area contributed by atoms with Crippen molar-refractivity contribution < 1.29 is 9.59 Å². The van der Waals surface area contributed by atoms with Crippen molar-refractivity contribution in [1.29, 1.82) is 0 Å². The van der Waals surface area contributed by atoms with Crippen LogP contribution in [0.15, 0.2) is 65.5 Å². The van der Waals surface area contributed by atoms with Crippen LogP contribution in [0, 0.1) is 6.92 Å². The highest BCUT2D eigenvalue weighted by molar-refractivity contribution is 6.06. The van der Waals surface area contributed by atoms with E-state index in [1.807, 2.05) is 50.2 Å². The lowest BCUT2D eigenvalue weighted by atomic mass is 10.1. The fourth-order valence-electron chi connectivity index (χ4n) is 3.65. The smallest absolute Gasteiger partial charge is 0.278 e. The molecular formula is C23H22N4O3. The third-order valence-electron chi connectivity index (χ3n) is 5.14. The predicted octanol–water partition coefficient (Wildman–Crippen LogP) is 2.78. The number of hydrogen-bond donors (Lipinski definition) is 1. The molecule has 0 radical (unpaired) electrons. The fraction of sp³-hybridized carbons (Fsp3) is 0.217. The third kappa shape index (κ3) is 3.87. The van der Waals surface area contributed by atoms with Gasteiger partial charge in [-0.3, -0.25) is 14.4 Å². The molecule has 7 heteroatoms. The van der Waals surface area contributed by atoms with Gasteiger partial charge in [0.05, 0.1) is 0 Å². The van der Waals surface area contributed by atoms with Gasteiger partial charge in [0.25, 0.3) is 11.5 Å². The topological polar surface area (TPSA) is 84.3 Å². The van der Waals surface area contributed by atoms with Crippen LogP contribution in [0.5, 0.6) is 0 Å². The molecule has 1 aliphatic rings. The number of aromatic nitrogens is 2. The molecule has 1 aliphatic heterocycles. The van der Waals surface area contributed by atoms with Crippen LogP contribution < -0.4 is 15.8 Å². The average Bonchev–Trinajstić information content (AvgIpc) is 3.06. The lowest BCUT2D eigenvalue weighted by molar-refractivity contribution is -0.117. The monoisotopic (exact) mass is 402 g/mol. The number of hydrogen-bond acceptors (Lipinski definition) is 4. The Morgan fingerprint density at radius 2 is 1.80 bits per heavy atom. The molecule has 4 rings (SSSR count). The number of benzene rings is 2. The van der Waals surface area contributed by atoms with Gasteiger partial charge in [0.1, 0.15) is 12.2 Å². The second-order valence-corrected chi connectivity index (χ2v) is 7.49. The van der Waals surface area contributed by atoms with Crippen LogP contribution in [-0.4, -0.2) is 27.6 Å². The molecule has 1 N–H and O–H groups in total. The zero-order chi connectivity index (χ0) is 21.3. The van der Waals surface area contributed by atoms with E-state index in [-0.39, 0.29) is 24.2 Å². The maximum atomic E-state index is 13.1. The molecule has 1 atom stereocenters. The van der Waals surface area contributed by atoms with E-state index >= 15 is 0 Å². The third-order valence-corrected chi connectivity index (χ3v) is 5.14. The Balaban J connectivity index is 1.54. The Morgan fingerprint density at radius 1 is 1.07 bits per heavy atom. The Morgan fingerprint density at radius 3 is 2.57 bits per heavy atom. The highest BCUT2D eigenvalue weighted by Crippen LogP contribution is 2.32. The molecule has 0 unspecified atom stereocenters. The van der Waals surface area contributed by atoms with Gasteiger partial charge in [-0.2, -0.15) is 5.10 Å². The van der Waals surface area contributed by atoms with E-state index in [2.05, 4.69) is 10.4 Å². The summed E-state index contributed by atoms with van der Waals surface area (Å²) in [5.74, 6) is -0.682. The predicted molar refractivity (Wildman–Crippen MR) is 115 cm³/mol. The van der Waals surface area contributed by atoms with Crippen LogP contribution in [0.1, 0.15) is 28.5 Å². The lowest BCUT2D eigenvalue weighted by Crippen LogP contribution is -2.38. The number of nitrogens with zero attached hydrogens (tertiary/aromatic N) is 3. The van der Waals surface area contributed by atoms with Crippen molar-refractivity contribution in [2.24, 2.45) is 0 Å². The molecular weight excluding hydrogens is 380 g/mol. The summed E-state index contributed by atoms with van der Waals surface area (Å²) in [5, 5.41) is 6.91. The number of rotatable bonds is 4. The highest BCUT2D eigenvalue weighted by atomic mass is 16.2. The Bertz CT molecular complexity index is 1170. The summed E-state index contributed by atoms with van der Waals surface area (Å²) < 4.78 is 1.02. The fourth-order valence-corrected chi connectivity index (χ4v) is 3.65. The molecule has 0 saturated heterocycles. The Labute approximate surface area is 174 Å². The molecule has 0 saturated carbocycles. The van der Waals surface area contributed by atoms with Gasteiger partial charge in [0.2, 0.25) is 5.91 Å². The molecule has 152 valence electrons. The molecule has 2 aromatic carbocycles. The van der Waals surface area contributed by atoms with E-state index in [1.165, 1.54) is 12.1 Å². The molecule has 3 aromatic rings. The molecule has 0 bridgehead atoms. The maximum Gasteiger partial charge on any atom is 0.278 e. The zero-order valence-corrected chi connectivity index (χ0v) is 16.8. The van der Waals surface area contributed by atoms with Crippen molar-refractivity contribution in [3.63, 3.8) is 0 Å². The van der Waals surface area contributed by atoms with E-state index in [9.17, 15) is 14.4 Å². The van der Waals surface area contributed by atoms with E-state index in [0.29, 0.717) is 5.69 Å². The lowest BCUT2D eigenvalue weighted by Gasteiger charge is -2.22. The van der Waals surface area contributed by atoms with Gasteiger partial charge >= 0.3 is 0 Å². The van der Waals surface area contributed by atoms with Gasteiger partial charge in [-0.15, -0.1) is 0 Å². The Kier molecular flexibility index (Phi) is 5.18. The number of nitrogens with one attached hydrogen (secondary N) is 1. The van der Waals surface area contributed by atoms with Crippen LogP contribution in [0.3, 0.4) is 0 Å². The van der Waals surface area contributed by atoms with Gasteiger partial charge in [-0.1, -0.05) is 35.9 Å². The average molecular weight is 402 g/mol. The Hall–Kier alpha value is -3.74. The van der Waals surface area contributed by atoms with Crippen LogP contribution in [0.25, 0.3) is 0 Å². The minimum atomic E-state index is -0.444. The van der Waals surface area contributed by atoms with Gasteiger partial charge in [0.15, 0.2) is 0 Å². The summed E-state index contributed by atoms with van der Waals surface area (Å²) in [7, 11) is 0. The highest BCUT2D eigenvalue weighted by Gasteiger charge is 2.32. The largest absolute Gasteiger partial charge is 0.324 e. The second kappa shape index (κ2) is 7.94. The molecule has 2 heterocycles. The number of carbonyl (C=O) groups is 2. The molecule has 0 aliphatic carbocycles. The minimum Gasteiger partial charge on any atom is -0.324 e. The first-order valence-corrected chi connectivity index (χ1v) is 9.78. The summed E-state index contributed by atoms with van der Waals surface area (Å²) in [6.07, 6.45) is 0.764. The van der Waals surface area contributed by atoms with Crippen molar-refractivity contribution in [3.8, 4) is 0 Å². The van der Waals surface area contributed by atoms with Gasteiger partial charge in [0, 0.05) is 23.5 Å². The number of aryl methyl sites for hydroxylation is 1. The van der Waals surface area contributed by atoms with E-state index in [4.69, 9.17) is 0 Å². The van der Waals surface area contributed by atoms with Crippen LogP contribution in [0.2, 0.25) is 0 Å². The minimum absolute atomic E-state index is 0.0121. The summed E-state index contributed by atoms with van der Waals surface area (Å²) in [5.41, 5.74) is 3.35. The van der Waals surface area contributed by atoms with Crippen molar-refractivity contribution in [1.82, 2.24) is 9.78 Å². The molecule has 2 amide bonds. The van der Waals surface area contributed by atoms with Gasteiger partial charge in [-0.05, 0) is 50.1 Å². The summed E-state index contributed by atoms with van der Waals surface area (Å²) in [6.45, 7) is 3.65. The molecule has 30 heavy (non-hydrogen) atoms. The quantitative estimate of drug-likeness (QED) is 0.727. The second-order valence-electron chi connectivity index (χ2n) is 7.49. The zero-order valence-electron chi connectivity index (χ0n) is 16.8. The van der Waals surface area contributed by atoms with E-state index in [0.717, 1.165) is 27.9 Å². The van der Waals surface area contributed by atoms with Crippen molar-refractivity contribution >= 4 is 23.2 Å². The van der Waals surface area contributed by atoms with Crippen molar-refractivity contribution in [2.45, 2.75) is 32.9 Å². The van der Waals surface area contributed by atoms with Gasteiger partial charge < -0.3 is 10.2 Å². The molecule has 0 spiro atoms. The van der Waals surface area contributed by atoms with Crippen LogP contribution in [-0.2, 0) is 17.8 Å². The number of carbonyl (C=O) groups excluding carboxylic acids is 2. The molecule has 0 fully saturated rings. The number of amides is 2. The number of anilines is 2. The molecule has 7 nitrogen and oxygen atoms in total. The first-order chi connectivity index (χ1) is 14.4. The summed E-state index contributed by atoms with van der Waals surface area (Å²) >= 11 is 0. The number of para-hydroxylation sites is 1. The SMILES string of the molecule is Cc1ccc(NC(=O)Cn2nc(C(=O)N3c4ccccc4C[C@H]3C)ccc2=O)cc1. The van der Waals surface area contributed by atoms with Crippen molar-refractivity contribution in [2.75, 3.05) is 10.2 Å². The van der Waals surface area contributed by atoms with Crippen LogP contribution >= 0.6 is 0 Å². The molecule has 1 aromatic heterocycles. The standard InChI is InChI=1S/C23H22N4O3/c1-15-7-9-18(10-8-15)24-21(28)14-26-22(29)12-11-19(25-26)23(30)27-16(2)13-17-5-3-4-6-20(17)27/h3-12,16H,13-14H2,1-2H3,(H,24,28)/t16-/m1/s1. The maximum absolute atomic E-state index is 13.1. The van der Waals surface area contributed by atoms with Gasteiger partial charge in [-0.25, -0.2) is 4.68 Å². The van der Waals surface area contributed by atoms with E-state index in [1.54, 1.807) is 17.0 Å². The first-order valence-electron chi connectivity index (χ1n) is 9.78. The normalized spacial score (nSPS) is 15.0. The summed E-state index contributed by atoms with van der Waals surface area (Å²) in [4.78, 5) is 39.4. The first kappa shape index (κ1) is 19.6.